The van der Waals surface area contributed by atoms with E-state index in [-0.39, 0.29) is 18.2 Å². The van der Waals surface area contributed by atoms with Crippen molar-refractivity contribution in [2.75, 3.05) is 13.7 Å². The van der Waals surface area contributed by atoms with Gasteiger partial charge in [-0.15, -0.1) is 12.4 Å². The van der Waals surface area contributed by atoms with Crippen molar-refractivity contribution < 1.29 is 13.9 Å². The predicted molar refractivity (Wildman–Crippen MR) is 118 cm³/mol. The van der Waals surface area contributed by atoms with E-state index in [1.807, 2.05) is 30.3 Å². The van der Waals surface area contributed by atoms with Crippen LogP contribution in [0.3, 0.4) is 0 Å². The Hall–Kier alpha value is -2.56. The van der Waals surface area contributed by atoms with Gasteiger partial charge in [-0.3, -0.25) is 0 Å². The molecule has 0 aliphatic carbocycles. The van der Waals surface area contributed by atoms with Gasteiger partial charge in [-0.1, -0.05) is 60.2 Å². The molecule has 154 valence electrons. The maximum Gasteiger partial charge on any atom is 0.166 e. The quantitative estimate of drug-likeness (QED) is 0.469. The molecule has 3 aromatic rings. The average molecular weight is 416 g/mol. The van der Waals surface area contributed by atoms with Crippen molar-refractivity contribution in [1.29, 1.82) is 0 Å². The van der Waals surface area contributed by atoms with Crippen molar-refractivity contribution >= 4 is 12.4 Å². The Morgan fingerprint density at radius 2 is 1.62 bits per heavy atom. The zero-order valence-electron chi connectivity index (χ0n) is 16.8. The van der Waals surface area contributed by atoms with E-state index in [1.54, 1.807) is 13.2 Å². The molecular formula is C24H27ClFNO2. The van der Waals surface area contributed by atoms with E-state index in [0.29, 0.717) is 31.9 Å². The predicted octanol–water partition coefficient (Wildman–Crippen LogP) is 5.48. The second-order valence-corrected chi connectivity index (χ2v) is 6.74. The molecule has 0 amide bonds. The van der Waals surface area contributed by atoms with E-state index in [0.717, 1.165) is 22.4 Å². The van der Waals surface area contributed by atoms with Crippen molar-refractivity contribution in [2.45, 2.75) is 26.5 Å². The van der Waals surface area contributed by atoms with E-state index < -0.39 is 0 Å². The van der Waals surface area contributed by atoms with Gasteiger partial charge in [0.15, 0.2) is 11.5 Å². The topological polar surface area (TPSA) is 30.5 Å². The van der Waals surface area contributed by atoms with E-state index in [9.17, 15) is 4.39 Å². The Kier molecular flexibility index (Phi) is 8.97. The van der Waals surface area contributed by atoms with Crippen LogP contribution in [0, 0.1) is 12.7 Å². The Bertz CT molecular complexity index is 900. The highest BCUT2D eigenvalue weighted by Crippen LogP contribution is 2.31. The molecule has 0 aliphatic heterocycles. The third-order valence-corrected chi connectivity index (χ3v) is 4.63. The van der Waals surface area contributed by atoms with E-state index >= 15 is 0 Å². The van der Waals surface area contributed by atoms with Gasteiger partial charge in [0.25, 0.3) is 0 Å². The van der Waals surface area contributed by atoms with Gasteiger partial charge in [-0.05, 0) is 43.1 Å². The summed E-state index contributed by atoms with van der Waals surface area (Å²) in [6.45, 7) is 3.84. The number of methoxy groups -OCH3 is 1. The molecule has 5 heteroatoms. The smallest absolute Gasteiger partial charge is 0.166 e. The highest BCUT2D eigenvalue weighted by molar-refractivity contribution is 5.85. The molecule has 3 rings (SSSR count). The van der Waals surface area contributed by atoms with Gasteiger partial charge in [0.05, 0.1) is 7.11 Å². The first-order valence-electron chi connectivity index (χ1n) is 9.45. The summed E-state index contributed by atoms with van der Waals surface area (Å²) < 4.78 is 25.3. The lowest BCUT2D eigenvalue weighted by Crippen LogP contribution is -2.18. The minimum absolute atomic E-state index is 0. The van der Waals surface area contributed by atoms with Crippen molar-refractivity contribution in [1.82, 2.24) is 5.32 Å². The summed E-state index contributed by atoms with van der Waals surface area (Å²) >= 11 is 0. The number of rotatable bonds is 9. The maximum absolute atomic E-state index is 13.7. The molecule has 0 bridgehead atoms. The number of hydrogen-bond acceptors (Lipinski definition) is 3. The van der Waals surface area contributed by atoms with Crippen LogP contribution in [-0.4, -0.2) is 13.7 Å². The standard InChI is InChI=1S/C24H26FNO2.ClH/c1-18-10-12-19(13-11-18)17-28-24-21(7-5-9-23(24)27-2)16-26-15-14-20-6-3-4-8-22(20)25;/h3-13,26H,14-17H2,1-2H3;1H. The Balaban J connectivity index is 0.00000300. The summed E-state index contributed by atoms with van der Waals surface area (Å²) in [5, 5.41) is 3.37. The first kappa shape index (κ1) is 22.7. The van der Waals surface area contributed by atoms with Crippen molar-refractivity contribution in [3.63, 3.8) is 0 Å². The van der Waals surface area contributed by atoms with Gasteiger partial charge < -0.3 is 14.8 Å². The summed E-state index contributed by atoms with van der Waals surface area (Å²) in [7, 11) is 1.64. The number of hydrogen-bond donors (Lipinski definition) is 1. The van der Waals surface area contributed by atoms with Crippen LogP contribution in [0.5, 0.6) is 11.5 Å². The zero-order valence-corrected chi connectivity index (χ0v) is 17.6. The summed E-state index contributed by atoms with van der Waals surface area (Å²) in [4.78, 5) is 0. The van der Waals surface area contributed by atoms with Crippen LogP contribution < -0.4 is 14.8 Å². The normalized spacial score (nSPS) is 10.3. The fourth-order valence-electron chi connectivity index (χ4n) is 3.01. The lowest BCUT2D eigenvalue weighted by atomic mass is 10.1. The molecule has 0 atom stereocenters. The summed E-state index contributed by atoms with van der Waals surface area (Å²) in [6.07, 6.45) is 0.635. The van der Waals surface area contributed by atoms with Crippen molar-refractivity contribution in [3.8, 4) is 11.5 Å². The monoisotopic (exact) mass is 415 g/mol. The first-order chi connectivity index (χ1) is 13.7. The van der Waals surface area contributed by atoms with Gasteiger partial charge in [0.1, 0.15) is 12.4 Å². The number of halogens is 2. The van der Waals surface area contributed by atoms with E-state index in [1.165, 1.54) is 11.6 Å². The van der Waals surface area contributed by atoms with Crippen molar-refractivity contribution in [2.24, 2.45) is 0 Å². The number of nitrogens with one attached hydrogen (secondary N) is 1. The van der Waals surface area contributed by atoms with Gasteiger partial charge in [-0.2, -0.15) is 0 Å². The van der Waals surface area contributed by atoms with Crippen LogP contribution in [-0.2, 0) is 19.6 Å². The zero-order chi connectivity index (χ0) is 19.8. The molecule has 29 heavy (non-hydrogen) atoms. The number of benzene rings is 3. The highest BCUT2D eigenvalue weighted by atomic mass is 35.5. The van der Waals surface area contributed by atoms with E-state index in [4.69, 9.17) is 9.47 Å². The third-order valence-electron chi connectivity index (χ3n) is 4.63. The summed E-state index contributed by atoms with van der Waals surface area (Å²) in [5.74, 6) is 1.29. The fourth-order valence-corrected chi connectivity index (χ4v) is 3.01. The molecule has 3 nitrogen and oxygen atoms in total. The molecule has 0 fully saturated rings. The Morgan fingerprint density at radius 1 is 0.897 bits per heavy atom. The first-order valence-corrected chi connectivity index (χ1v) is 9.45. The lowest BCUT2D eigenvalue weighted by Gasteiger charge is -2.16. The van der Waals surface area contributed by atoms with Crippen LogP contribution in [0.1, 0.15) is 22.3 Å². The minimum atomic E-state index is -0.159. The second kappa shape index (κ2) is 11.4. The number of para-hydroxylation sites is 1. The summed E-state index contributed by atoms with van der Waals surface area (Å²) in [6, 6.07) is 21.0. The van der Waals surface area contributed by atoms with Gasteiger partial charge in [-0.25, -0.2) is 4.39 Å². The van der Waals surface area contributed by atoms with Crippen LogP contribution in [0.4, 0.5) is 4.39 Å². The molecule has 3 aromatic carbocycles. The maximum atomic E-state index is 13.7. The molecular weight excluding hydrogens is 389 g/mol. The fraction of sp³-hybridized carbons (Fsp3) is 0.250. The van der Waals surface area contributed by atoms with Crippen LogP contribution in [0.2, 0.25) is 0 Å². The molecule has 0 aromatic heterocycles. The summed E-state index contributed by atoms with van der Waals surface area (Å²) in [5.41, 5.74) is 4.06. The van der Waals surface area contributed by atoms with Crippen molar-refractivity contribution in [3.05, 3.63) is 94.8 Å². The number of ether oxygens (including phenoxy) is 2. The molecule has 0 saturated heterocycles. The Morgan fingerprint density at radius 3 is 2.34 bits per heavy atom. The largest absolute Gasteiger partial charge is 0.493 e. The molecule has 0 aliphatic rings. The van der Waals surface area contributed by atoms with Gasteiger partial charge >= 0.3 is 0 Å². The number of aryl methyl sites for hydroxylation is 1. The molecule has 0 unspecified atom stereocenters. The average Bonchev–Trinajstić information content (AvgIpc) is 2.72. The molecule has 1 N–H and O–H groups in total. The molecule has 0 radical (unpaired) electrons. The van der Waals surface area contributed by atoms with Crippen LogP contribution in [0.25, 0.3) is 0 Å². The Labute approximate surface area is 178 Å². The molecule has 0 saturated carbocycles. The second-order valence-electron chi connectivity index (χ2n) is 6.74. The SMILES string of the molecule is COc1cccc(CNCCc2ccccc2F)c1OCc1ccc(C)cc1.Cl. The van der Waals surface area contributed by atoms with Crippen LogP contribution >= 0.6 is 12.4 Å². The van der Waals surface area contributed by atoms with Gasteiger partial charge in [0.2, 0.25) is 0 Å². The van der Waals surface area contributed by atoms with Crippen LogP contribution in [0.15, 0.2) is 66.7 Å². The minimum Gasteiger partial charge on any atom is -0.493 e. The van der Waals surface area contributed by atoms with Gasteiger partial charge in [0, 0.05) is 12.1 Å². The third kappa shape index (κ3) is 6.48. The van der Waals surface area contributed by atoms with E-state index in [2.05, 4.69) is 36.5 Å². The lowest BCUT2D eigenvalue weighted by molar-refractivity contribution is 0.280. The molecule has 0 spiro atoms. The molecule has 0 heterocycles. The highest BCUT2D eigenvalue weighted by Gasteiger charge is 2.11.